The number of carbonyl (C=O) groups is 2. The molecule has 0 spiro atoms. The Bertz CT molecular complexity index is 917. The maximum absolute atomic E-state index is 12.7. The number of halogens is 2. The fourth-order valence-corrected chi connectivity index (χ4v) is 2.68. The molecule has 2 heterocycles. The summed E-state index contributed by atoms with van der Waals surface area (Å²) in [6, 6.07) is 8.04. The number of rotatable bonds is 4. The quantitative estimate of drug-likeness (QED) is 0.703. The molecule has 0 saturated carbocycles. The second-order valence-corrected chi connectivity index (χ2v) is 5.80. The Balaban J connectivity index is 2.16. The van der Waals surface area contributed by atoms with Crippen molar-refractivity contribution in [3.05, 3.63) is 63.5 Å². The highest BCUT2D eigenvalue weighted by Crippen LogP contribution is 2.27. The van der Waals surface area contributed by atoms with Gasteiger partial charge in [-0.2, -0.15) is 0 Å². The van der Waals surface area contributed by atoms with Crippen LogP contribution in [-0.2, 0) is 11.2 Å². The molecule has 7 heteroatoms. The SMILES string of the molecule is O=C(O)Cc1c(C(=O)c2ccc(Cl)cn2)[nH]c2cc(Cl)ccc12. The van der Waals surface area contributed by atoms with E-state index >= 15 is 0 Å². The number of H-pyrrole nitrogens is 1. The first kappa shape index (κ1) is 15.5. The number of aliphatic carboxylic acids is 1. The second kappa shape index (κ2) is 6.02. The van der Waals surface area contributed by atoms with Crippen molar-refractivity contribution in [2.45, 2.75) is 6.42 Å². The lowest BCUT2D eigenvalue weighted by Gasteiger charge is -2.02. The Labute approximate surface area is 140 Å². The minimum absolute atomic E-state index is 0.179. The van der Waals surface area contributed by atoms with Crippen LogP contribution in [0.4, 0.5) is 0 Å². The van der Waals surface area contributed by atoms with E-state index in [0.29, 0.717) is 26.5 Å². The van der Waals surface area contributed by atoms with Gasteiger partial charge in [0.15, 0.2) is 0 Å². The van der Waals surface area contributed by atoms with Gasteiger partial charge in [-0.15, -0.1) is 0 Å². The average Bonchev–Trinajstić information content (AvgIpc) is 2.84. The molecule has 0 radical (unpaired) electrons. The molecule has 0 saturated heterocycles. The highest BCUT2D eigenvalue weighted by atomic mass is 35.5. The second-order valence-electron chi connectivity index (χ2n) is 4.93. The van der Waals surface area contributed by atoms with Crippen LogP contribution in [0, 0.1) is 0 Å². The van der Waals surface area contributed by atoms with Crippen molar-refractivity contribution in [3.8, 4) is 0 Å². The van der Waals surface area contributed by atoms with Crippen molar-refractivity contribution in [2.24, 2.45) is 0 Å². The molecule has 0 bridgehead atoms. The molecular formula is C16H10Cl2N2O3. The average molecular weight is 349 g/mol. The van der Waals surface area contributed by atoms with Crippen molar-refractivity contribution < 1.29 is 14.7 Å². The number of aromatic nitrogens is 2. The van der Waals surface area contributed by atoms with Crippen LogP contribution in [0.15, 0.2) is 36.5 Å². The number of carboxylic acid groups (broad SMARTS) is 1. The molecule has 2 aromatic heterocycles. The Morgan fingerprint density at radius 1 is 1.13 bits per heavy atom. The van der Waals surface area contributed by atoms with E-state index in [-0.39, 0.29) is 17.8 Å². The zero-order valence-electron chi connectivity index (χ0n) is 11.6. The lowest BCUT2D eigenvalue weighted by molar-refractivity contribution is -0.136. The number of aromatic amines is 1. The zero-order valence-corrected chi connectivity index (χ0v) is 13.1. The summed E-state index contributed by atoms with van der Waals surface area (Å²) in [5.74, 6) is -1.43. The van der Waals surface area contributed by atoms with E-state index in [1.807, 2.05) is 0 Å². The van der Waals surface area contributed by atoms with Crippen molar-refractivity contribution in [2.75, 3.05) is 0 Å². The first-order valence-corrected chi connectivity index (χ1v) is 7.39. The third kappa shape index (κ3) is 3.06. The van der Waals surface area contributed by atoms with E-state index in [4.69, 9.17) is 28.3 Å². The summed E-state index contributed by atoms with van der Waals surface area (Å²) < 4.78 is 0. The van der Waals surface area contributed by atoms with Gasteiger partial charge in [0.1, 0.15) is 5.69 Å². The zero-order chi connectivity index (χ0) is 16.6. The molecule has 23 heavy (non-hydrogen) atoms. The highest BCUT2D eigenvalue weighted by molar-refractivity contribution is 6.31. The topological polar surface area (TPSA) is 83.0 Å². The van der Waals surface area contributed by atoms with Crippen LogP contribution in [0.2, 0.25) is 10.0 Å². The largest absolute Gasteiger partial charge is 0.481 e. The van der Waals surface area contributed by atoms with E-state index in [1.165, 1.54) is 12.3 Å². The van der Waals surface area contributed by atoms with E-state index in [0.717, 1.165) is 0 Å². The van der Waals surface area contributed by atoms with Gasteiger partial charge in [-0.3, -0.25) is 14.6 Å². The molecule has 0 aliphatic carbocycles. The van der Waals surface area contributed by atoms with Gasteiger partial charge >= 0.3 is 5.97 Å². The number of ketones is 1. The number of nitrogens with one attached hydrogen (secondary N) is 1. The Morgan fingerprint density at radius 3 is 2.52 bits per heavy atom. The molecule has 1 aromatic carbocycles. The molecule has 0 atom stereocenters. The molecule has 0 amide bonds. The predicted octanol–water partition coefficient (Wildman–Crippen LogP) is 3.73. The molecule has 116 valence electrons. The minimum Gasteiger partial charge on any atom is -0.481 e. The highest BCUT2D eigenvalue weighted by Gasteiger charge is 2.21. The maximum Gasteiger partial charge on any atom is 0.307 e. The molecule has 3 rings (SSSR count). The van der Waals surface area contributed by atoms with E-state index in [9.17, 15) is 9.59 Å². The molecule has 2 N–H and O–H groups in total. The van der Waals surface area contributed by atoms with Gasteiger partial charge in [-0.25, -0.2) is 0 Å². The standard InChI is InChI=1S/C16H10Cl2N2O3/c17-8-1-3-10-11(6-14(21)22)15(20-13(10)5-8)16(23)12-4-2-9(18)7-19-12/h1-5,7,20H,6H2,(H,21,22). The van der Waals surface area contributed by atoms with Gasteiger partial charge in [0.25, 0.3) is 0 Å². The number of pyridine rings is 1. The van der Waals surface area contributed by atoms with Crippen LogP contribution >= 0.6 is 23.2 Å². The molecular weight excluding hydrogens is 339 g/mol. The number of hydrogen-bond donors (Lipinski definition) is 2. The fourth-order valence-electron chi connectivity index (χ4n) is 2.39. The summed E-state index contributed by atoms with van der Waals surface area (Å²) >= 11 is 11.7. The summed E-state index contributed by atoms with van der Waals surface area (Å²) in [5, 5.41) is 10.7. The number of benzene rings is 1. The van der Waals surface area contributed by atoms with E-state index in [1.54, 1.807) is 24.3 Å². The van der Waals surface area contributed by atoms with Gasteiger partial charge in [0, 0.05) is 27.7 Å². The number of nitrogens with zero attached hydrogens (tertiary/aromatic N) is 1. The molecule has 0 unspecified atom stereocenters. The lowest BCUT2D eigenvalue weighted by Crippen LogP contribution is -2.10. The first-order valence-electron chi connectivity index (χ1n) is 6.64. The van der Waals surface area contributed by atoms with Gasteiger partial charge in [0.2, 0.25) is 5.78 Å². The van der Waals surface area contributed by atoms with Crippen molar-refractivity contribution in [1.29, 1.82) is 0 Å². The summed E-state index contributed by atoms with van der Waals surface area (Å²) in [6.45, 7) is 0. The molecule has 0 aliphatic heterocycles. The third-order valence-corrected chi connectivity index (χ3v) is 3.84. The van der Waals surface area contributed by atoms with E-state index in [2.05, 4.69) is 9.97 Å². The van der Waals surface area contributed by atoms with Gasteiger partial charge < -0.3 is 10.1 Å². The summed E-state index contributed by atoms with van der Waals surface area (Å²) in [7, 11) is 0. The van der Waals surface area contributed by atoms with E-state index < -0.39 is 11.8 Å². The predicted molar refractivity (Wildman–Crippen MR) is 87.3 cm³/mol. The maximum atomic E-state index is 12.7. The van der Waals surface area contributed by atoms with Crippen molar-refractivity contribution in [3.63, 3.8) is 0 Å². The first-order chi connectivity index (χ1) is 11.0. The van der Waals surface area contributed by atoms with Gasteiger partial charge in [-0.05, 0) is 24.3 Å². The third-order valence-electron chi connectivity index (χ3n) is 3.38. The minimum atomic E-state index is -1.03. The molecule has 0 fully saturated rings. The molecule has 0 aliphatic rings. The van der Waals surface area contributed by atoms with Gasteiger partial charge in [-0.1, -0.05) is 29.3 Å². The monoisotopic (exact) mass is 348 g/mol. The summed E-state index contributed by atoms with van der Waals surface area (Å²) in [5.41, 5.74) is 1.38. The van der Waals surface area contributed by atoms with Crippen LogP contribution < -0.4 is 0 Å². The van der Waals surface area contributed by atoms with Crippen LogP contribution in [0.25, 0.3) is 10.9 Å². The fraction of sp³-hybridized carbons (Fsp3) is 0.0625. The van der Waals surface area contributed by atoms with Gasteiger partial charge in [0.05, 0.1) is 17.1 Å². The number of hydrogen-bond acceptors (Lipinski definition) is 3. The van der Waals surface area contributed by atoms with Crippen LogP contribution in [-0.4, -0.2) is 26.8 Å². The van der Waals surface area contributed by atoms with Crippen LogP contribution in [0.5, 0.6) is 0 Å². The molecule has 5 nitrogen and oxygen atoms in total. The van der Waals surface area contributed by atoms with Crippen molar-refractivity contribution in [1.82, 2.24) is 9.97 Å². The summed E-state index contributed by atoms with van der Waals surface area (Å²) in [4.78, 5) is 30.7. The smallest absolute Gasteiger partial charge is 0.307 e. The Hall–Kier alpha value is -2.37. The van der Waals surface area contributed by atoms with Crippen LogP contribution in [0.1, 0.15) is 21.7 Å². The number of carboxylic acids is 1. The lowest BCUT2D eigenvalue weighted by atomic mass is 10.0. The normalized spacial score (nSPS) is 10.9. The molecule has 3 aromatic rings. The van der Waals surface area contributed by atoms with Crippen LogP contribution in [0.3, 0.4) is 0 Å². The Kier molecular flexibility index (Phi) is 4.07. The Morgan fingerprint density at radius 2 is 1.87 bits per heavy atom. The summed E-state index contributed by atoms with van der Waals surface area (Å²) in [6.07, 6.45) is 1.08. The number of fused-ring (bicyclic) bond motifs is 1. The number of carbonyl (C=O) groups excluding carboxylic acids is 1. The van der Waals surface area contributed by atoms with Crippen molar-refractivity contribution >= 4 is 45.9 Å².